The molecule has 0 saturated heterocycles. The highest BCUT2D eigenvalue weighted by Crippen LogP contribution is 2.30. The maximum Gasteiger partial charge on any atom is 0.339 e. The van der Waals surface area contributed by atoms with Crippen LogP contribution in [-0.4, -0.2) is 29.1 Å². The van der Waals surface area contributed by atoms with E-state index in [1.165, 1.54) is 12.1 Å². The Hall–Kier alpha value is -3.43. The summed E-state index contributed by atoms with van der Waals surface area (Å²) in [5.41, 5.74) is 2.39. The van der Waals surface area contributed by atoms with Crippen LogP contribution < -0.4 is 13.8 Å². The third kappa shape index (κ3) is 5.13. The second-order valence-corrected chi connectivity index (χ2v) is 8.22. The van der Waals surface area contributed by atoms with Gasteiger partial charge >= 0.3 is 10.1 Å². The Bertz CT molecular complexity index is 1180. The number of nitrogens with zero attached hydrogens (tertiary/aromatic N) is 1. The first-order valence-corrected chi connectivity index (χ1v) is 10.7. The molecule has 0 aliphatic rings. The fourth-order valence-electron chi connectivity index (χ4n) is 2.80. The van der Waals surface area contributed by atoms with E-state index in [1.54, 1.807) is 37.4 Å². The van der Waals surface area contributed by atoms with Crippen LogP contribution in [0.15, 0.2) is 77.7 Å². The number of benzene rings is 3. The van der Waals surface area contributed by atoms with Crippen LogP contribution in [0.3, 0.4) is 0 Å². The van der Waals surface area contributed by atoms with Gasteiger partial charge in [0.25, 0.3) is 0 Å². The summed E-state index contributed by atoms with van der Waals surface area (Å²) in [6, 6.07) is 21.1. The van der Waals surface area contributed by atoms with Crippen LogP contribution in [0.25, 0.3) is 0 Å². The highest BCUT2D eigenvalue weighted by atomic mass is 32.2. The smallest absolute Gasteiger partial charge is 0.339 e. The first-order chi connectivity index (χ1) is 14.4. The van der Waals surface area contributed by atoms with Crippen LogP contribution >= 0.6 is 0 Å². The monoisotopic (exact) mass is 421 g/mol. The molecule has 0 aliphatic heterocycles. The molecule has 3 aromatic rings. The van der Waals surface area contributed by atoms with Crippen LogP contribution in [-0.2, 0) is 10.1 Å². The fourth-order valence-corrected chi connectivity index (χ4v) is 3.74. The molecule has 6 heteroatoms. The van der Waals surface area contributed by atoms with E-state index >= 15 is 0 Å². The third-order valence-electron chi connectivity index (χ3n) is 4.43. The highest BCUT2D eigenvalue weighted by Gasteiger charge is 2.19. The summed E-state index contributed by atoms with van der Waals surface area (Å²) in [5, 5.41) is 0. The van der Waals surface area contributed by atoms with E-state index in [1.807, 2.05) is 49.2 Å². The van der Waals surface area contributed by atoms with Gasteiger partial charge in [-0.2, -0.15) is 8.42 Å². The van der Waals surface area contributed by atoms with Crippen LogP contribution in [0.1, 0.15) is 11.1 Å². The molecule has 0 N–H and O–H groups in total. The molecule has 0 saturated carbocycles. The molecule has 0 unspecified atom stereocenters. The largest absolute Gasteiger partial charge is 0.495 e. The average molecular weight is 422 g/mol. The lowest BCUT2D eigenvalue weighted by Crippen LogP contribution is -2.19. The molecule has 3 aromatic carbocycles. The van der Waals surface area contributed by atoms with Crippen molar-refractivity contribution in [1.82, 2.24) is 0 Å². The lowest BCUT2D eigenvalue weighted by molar-refractivity contribution is 0.413. The number of ether oxygens (including phenoxy) is 1. The van der Waals surface area contributed by atoms with Gasteiger partial charge in [-0.05, 0) is 43.3 Å². The minimum absolute atomic E-state index is 0.113. The molecule has 0 atom stereocenters. The Balaban J connectivity index is 1.80. The summed E-state index contributed by atoms with van der Waals surface area (Å²) in [6.07, 6.45) is 0. The van der Waals surface area contributed by atoms with Crippen molar-refractivity contribution in [3.63, 3.8) is 0 Å². The van der Waals surface area contributed by atoms with Gasteiger partial charge < -0.3 is 13.8 Å². The highest BCUT2D eigenvalue weighted by molar-refractivity contribution is 7.87. The van der Waals surface area contributed by atoms with E-state index in [-0.39, 0.29) is 10.6 Å². The van der Waals surface area contributed by atoms with E-state index in [4.69, 9.17) is 8.92 Å². The lowest BCUT2D eigenvalue weighted by atomic mass is 10.2. The number of methoxy groups -OCH3 is 1. The molecule has 0 aliphatic carbocycles. The van der Waals surface area contributed by atoms with Gasteiger partial charge in [-0.1, -0.05) is 53.8 Å². The minimum Gasteiger partial charge on any atom is -0.495 e. The number of para-hydroxylation sites is 3. The summed E-state index contributed by atoms with van der Waals surface area (Å²) in [7, 11) is -0.501. The SMILES string of the molecule is COc1ccccc1C#CCN(C)c1ccccc1OS(=O)(=O)c1ccc(C)cc1. The first-order valence-electron chi connectivity index (χ1n) is 9.34. The summed E-state index contributed by atoms with van der Waals surface area (Å²) in [6.45, 7) is 2.27. The Labute approximate surface area is 178 Å². The van der Waals surface area contributed by atoms with Gasteiger partial charge in [0.15, 0.2) is 5.75 Å². The van der Waals surface area contributed by atoms with E-state index < -0.39 is 10.1 Å². The molecule has 154 valence electrons. The molecule has 0 bridgehead atoms. The zero-order valence-corrected chi connectivity index (χ0v) is 17.9. The van der Waals surface area contributed by atoms with Crippen LogP contribution in [0.5, 0.6) is 11.5 Å². The van der Waals surface area contributed by atoms with E-state index in [0.29, 0.717) is 18.0 Å². The van der Waals surface area contributed by atoms with Crippen molar-refractivity contribution in [2.24, 2.45) is 0 Å². The zero-order chi connectivity index (χ0) is 21.6. The van der Waals surface area contributed by atoms with Gasteiger partial charge in [-0.15, -0.1) is 0 Å². The quantitative estimate of drug-likeness (QED) is 0.440. The number of rotatable bonds is 6. The van der Waals surface area contributed by atoms with Gasteiger partial charge in [-0.25, -0.2) is 0 Å². The second kappa shape index (κ2) is 9.38. The van der Waals surface area contributed by atoms with Crippen molar-refractivity contribution in [2.75, 3.05) is 25.6 Å². The molecule has 0 heterocycles. The van der Waals surface area contributed by atoms with Gasteiger partial charge in [0, 0.05) is 7.05 Å². The first kappa shape index (κ1) is 21.3. The molecule has 5 nitrogen and oxygen atoms in total. The molecule has 3 rings (SSSR count). The summed E-state index contributed by atoms with van der Waals surface area (Å²) >= 11 is 0. The predicted octanol–water partition coefficient (Wildman–Crippen LogP) is 4.26. The summed E-state index contributed by atoms with van der Waals surface area (Å²) in [5.74, 6) is 7.14. The molecule has 0 radical (unpaired) electrons. The third-order valence-corrected chi connectivity index (χ3v) is 5.68. The van der Waals surface area contributed by atoms with Crippen molar-refractivity contribution < 1.29 is 17.3 Å². The molecule has 0 fully saturated rings. The summed E-state index contributed by atoms with van der Waals surface area (Å²) in [4.78, 5) is 1.95. The molecule has 30 heavy (non-hydrogen) atoms. The van der Waals surface area contributed by atoms with Gasteiger partial charge in [0.2, 0.25) is 0 Å². The molecule has 0 amide bonds. The van der Waals surface area contributed by atoms with Crippen molar-refractivity contribution >= 4 is 15.8 Å². The van der Waals surface area contributed by atoms with Crippen molar-refractivity contribution in [1.29, 1.82) is 0 Å². The Morgan fingerprint density at radius 2 is 1.53 bits per heavy atom. The number of anilines is 1. The normalized spacial score (nSPS) is 10.6. The number of hydrogen-bond acceptors (Lipinski definition) is 5. The minimum atomic E-state index is -3.94. The Kier molecular flexibility index (Phi) is 6.65. The second-order valence-electron chi connectivity index (χ2n) is 6.68. The van der Waals surface area contributed by atoms with E-state index in [2.05, 4.69) is 11.8 Å². The lowest BCUT2D eigenvalue weighted by Gasteiger charge is -2.19. The number of hydrogen-bond donors (Lipinski definition) is 0. The molecular formula is C24H23NO4S. The standard InChI is InChI=1S/C24H23NO4S/c1-19-14-16-21(17-15-19)30(26,27)29-24-13-7-5-11-22(24)25(2)18-8-10-20-9-4-6-12-23(20)28-3/h4-7,9,11-17H,18H2,1-3H3. The van der Waals surface area contributed by atoms with Gasteiger partial charge in [-0.3, -0.25) is 0 Å². The molecule has 0 aromatic heterocycles. The van der Waals surface area contributed by atoms with Crippen molar-refractivity contribution in [3.05, 3.63) is 83.9 Å². The predicted molar refractivity (Wildman–Crippen MR) is 119 cm³/mol. The Morgan fingerprint density at radius 1 is 0.900 bits per heavy atom. The summed E-state index contributed by atoms with van der Waals surface area (Å²) < 4.78 is 36.1. The van der Waals surface area contributed by atoms with Crippen LogP contribution in [0, 0.1) is 18.8 Å². The van der Waals surface area contributed by atoms with E-state index in [9.17, 15) is 8.42 Å². The average Bonchev–Trinajstić information content (AvgIpc) is 2.74. The van der Waals surface area contributed by atoms with Crippen LogP contribution in [0.4, 0.5) is 5.69 Å². The molecular weight excluding hydrogens is 398 g/mol. The van der Waals surface area contributed by atoms with Crippen LogP contribution in [0.2, 0.25) is 0 Å². The zero-order valence-electron chi connectivity index (χ0n) is 17.1. The fraction of sp³-hybridized carbons (Fsp3) is 0.167. The topological polar surface area (TPSA) is 55.8 Å². The van der Waals surface area contributed by atoms with Crippen molar-refractivity contribution in [3.8, 4) is 23.3 Å². The van der Waals surface area contributed by atoms with Crippen molar-refractivity contribution in [2.45, 2.75) is 11.8 Å². The Morgan fingerprint density at radius 3 is 2.23 bits per heavy atom. The van der Waals surface area contributed by atoms with Gasteiger partial charge in [0.1, 0.15) is 10.6 Å². The maximum absolute atomic E-state index is 12.7. The van der Waals surface area contributed by atoms with Gasteiger partial charge in [0.05, 0.1) is 24.9 Å². The maximum atomic E-state index is 12.7. The molecule has 0 spiro atoms. The van der Waals surface area contributed by atoms with E-state index in [0.717, 1.165) is 11.1 Å². The number of aryl methyl sites for hydroxylation is 1.